The summed E-state index contributed by atoms with van der Waals surface area (Å²) in [7, 11) is 0. The van der Waals surface area contributed by atoms with Crippen LogP contribution in [0.5, 0.6) is 0 Å². The van der Waals surface area contributed by atoms with Gasteiger partial charge in [0.1, 0.15) is 0 Å². The second kappa shape index (κ2) is 5.30. The summed E-state index contributed by atoms with van der Waals surface area (Å²) in [5.41, 5.74) is 0.961. The van der Waals surface area contributed by atoms with Gasteiger partial charge >= 0.3 is 5.97 Å². The lowest BCUT2D eigenvalue weighted by Gasteiger charge is -2.00. The molecule has 0 aliphatic heterocycles. The zero-order chi connectivity index (χ0) is 13.8. The SMILES string of the molecule is CCOC(=O)c1cnn(-c2ccc([N+](=O)[O-])cc2)c1. The number of rotatable bonds is 4. The number of non-ortho nitro benzene ring substituents is 1. The monoisotopic (exact) mass is 261 g/mol. The lowest BCUT2D eigenvalue weighted by Crippen LogP contribution is -2.03. The summed E-state index contributed by atoms with van der Waals surface area (Å²) in [6.45, 7) is 2.01. The van der Waals surface area contributed by atoms with Crippen LogP contribution in [0.3, 0.4) is 0 Å². The highest BCUT2D eigenvalue weighted by Gasteiger charge is 2.11. The maximum absolute atomic E-state index is 11.5. The van der Waals surface area contributed by atoms with E-state index in [1.54, 1.807) is 19.1 Å². The lowest BCUT2D eigenvalue weighted by atomic mass is 10.3. The normalized spacial score (nSPS) is 10.2. The smallest absolute Gasteiger partial charge is 0.341 e. The topological polar surface area (TPSA) is 87.3 Å². The first-order valence-electron chi connectivity index (χ1n) is 5.58. The molecular formula is C12H11N3O4. The standard InChI is InChI=1S/C12H11N3O4/c1-2-19-12(16)9-7-13-14(8-9)10-3-5-11(6-4-10)15(17)18/h3-8H,2H2,1H3. The van der Waals surface area contributed by atoms with Crippen molar-refractivity contribution < 1.29 is 14.5 Å². The zero-order valence-corrected chi connectivity index (χ0v) is 10.1. The highest BCUT2D eigenvalue weighted by Crippen LogP contribution is 2.15. The summed E-state index contributed by atoms with van der Waals surface area (Å²) in [6, 6.07) is 5.86. The molecule has 0 bridgehead atoms. The van der Waals surface area contributed by atoms with Crippen molar-refractivity contribution in [2.45, 2.75) is 6.92 Å². The fraction of sp³-hybridized carbons (Fsp3) is 0.167. The molecule has 0 spiro atoms. The Hall–Kier alpha value is -2.70. The Morgan fingerprint density at radius 3 is 2.68 bits per heavy atom. The van der Waals surface area contributed by atoms with Gasteiger partial charge in [0.05, 0.1) is 29.0 Å². The Morgan fingerprint density at radius 1 is 1.42 bits per heavy atom. The second-order valence-electron chi connectivity index (χ2n) is 3.67. The first-order chi connectivity index (χ1) is 9.11. The fourth-order valence-corrected chi connectivity index (χ4v) is 1.51. The average Bonchev–Trinajstić information content (AvgIpc) is 2.89. The molecule has 1 aromatic carbocycles. The van der Waals surface area contributed by atoms with Crippen LogP contribution in [0.1, 0.15) is 17.3 Å². The van der Waals surface area contributed by atoms with E-state index in [0.29, 0.717) is 17.9 Å². The Bertz CT molecular complexity index is 604. The van der Waals surface area contributed by atoms with Gasteiger partial charge in [-0.1, -0.05) is 0 Å². The molecule has 0 saturated carbocycles. The number of aromatic nitrogens is 2. The van der Waals surface area contributed by atoms with Crippen LogP contribution in [-0.2, 0) is 4.74 Å². The predicted octanol–water partition coefficient (Wildman–Crippen LogP) is 1.96. The van der Waals surface area contributed by atoms with Crippen LogP contribution in [0.4, 0.5) is 5.69 Å². The predicted molar refractivity (Wildman–Crippen MR) is 66.2 cm³/mol. The number of carbonyl (C=O) groups is 1. The quantitative estimate of drug-likeness (QED) is 0.477. The average molecular weight is 261 g/mol. The molecule has 1 heterocycles. The highest BCUT2D eigenvalue weighted by molar-refractivity contribution is 5.88. The number of benzene rings is 1. The van der Waals surface area contributed by atoms with Crippen LogP contribution >= 0.6 is 0 Å². The maximum atomic E-state index is 11.5. The van der Waals surface area contributed by atoms with Gasteiger partial charge in [-0.2, -0.15) is 5.10 Å². The van der Waals surface area contributed by atoms with E-state index in [1.165, 1.54) is 29.2 Å². The third-order valence-electron chi connectivity index (χ3n) is 2.42. The zero-order valence-electron chi connectivity index (χ0n) is 10.1. The number of nitro groups is 1. The number of esters is 1. The van der Waals surface area contributed by atoms with Crippen molar-refractivity contribution in [2.75, 3.05) is 6.61 Å². The largest absolute Gasteiger partial charge is 0.462 e. The number of hydrogen-bond acceptors (Lipinski definition) is 5. The van der Waals surface area contributed by atoms with Crippen LogP contribution in [0.2, 0.25) is 0 Å². The molecule has 0 aliphatic carbocycles. The third-order valence-corrected chi connectivity index (χ3v) is 2.42. The molecule has 0 saturated heterocycles. The molecule has 98 valence electrons. The van der Waals surface area contributed by atoms with E-state index < -0.39 is 10.9 Å². The minimum absolute atomic E-state index is 0.00141. The number of hydrogen-bond donors (Lipinski definition) is 0. The number of nitrogens with zero attached hydrogens (tertiary/aromatic N) is 3. The molecule has 0 amide bonds. The Balaban J connectivity index is 2.23. The summed E-state index contributed by atoms with van der Waals surface area (Å²) in [5.74, 6) is -0.448. The Morgan fingerprint density at radius 2 is 2.11 bits per heavy atom. The summed E-state index contributed by atoms with van der Waals surface area (Å²) in [5, 5.41) is 14.5. The number of carbonyl (C=O) groups excluding carboxylic acids is 1. The van der Waals surface area contributed by atoms with Crippen molar-refractivity contribution in [3.63, 3.8) is 0 Å². The summed E-state index contributed by atoms with van der Waals surface area (Å²) >= 11 is 0. The van der Waals surface area contributed by atoms with Gasteiger partial charge in [-0.15, -0.1) is 0 Å². The Labute approximate surface area is 108 Å². The van der Waals surface area contributed by atoms with Crippen molar-refractivity contribution >= 4 is 11.7 Å². The van der Waals surface area contributed by atoms with E-state index in [9.17, 15) is 14.9 Å². The van der Waals surface area contributed by atoms with Gasteiger partial charge in [-0.25, -0.2) is 9.48 Å². The van der Waals surface area contributed by atoms with Crippen LogP contribution in [-0.4, -0.2) is 27.3 Å². The molecule has 0 atom stereocenters. The van der Waals surface area contributed by atoms with Gasteiger partial charge in [0.2, 0.25) is 0 Å². The molecule has 19 heavy (non-hydrogen) atoms. The molecule has 1 aromatic heterocycles. The van der Waals surface area contributed by atoms with Crippen LogP contribution in [0.25, 0.3) is 5.69 Å². The maximum Gasteiger partial charge on any atom is 0.341 e. The first kappa shape index (κ1) is 12.7. The van der Waals surface area contributed by atoms with E-state index in [4.69, 9.17) is 4.74 Å². The first-order valence-corrected chi connectivity index (χ1v) is 5.58. The van der Waals surface area contributed by atoms with Crippen molar-refractivity contribution in [3.8, 4) is 5.69 Å². The molecule has 2 rings (SSSR count). The van der Waals surface area contributed by atoms with Crippen molar-refractivity contribution in [1.82, 2.24) is 9.78 Å². The van der Waals surface area contributed by atoms with E-state index in [1.807, 2.05) is 0 Å². The van der Waals surface area contributed by atoms with Gasteiger partial charge in [-0.05, 0) is 19.1 Å². The van der Waals surface area contributed by atoms with Crippen LogP contribution < -0.4 is 0 Å². The number of ether oxygens (including phenoxy) is 1. The molecule has 7 nitrogen and oxygen atoms in total. The minimum Gasteiger partial charge on any atom is -0.462 e. The molecule has 0 fully saturated rings. The molecule has 0 N–H and O–H groups in total. The van der Waals surface area contributed by atoms with Gasteiger partial charge in [0.15, 0.2) is 0 Å². The molecule has 0 aliphatic rings. The molecule has 0 radical (unpaired) electrons. The van der Waals surface area contributed by atoms with Crippen molar-refractivity contribution in [1.29, 1.82) is 0 Å². The van der Waals surface area contributed by atoms with Gasteiger partial charge in [0, 0.05) is 18.3 Å². The van der Waals surface area contributed by atoms with Gasteiger partial charge in [0.25, 0.3) is 5.69 Å². The lowest BCUT2D eigenvalue weighted by molar-refractivity contribution is -0.384. The molecule has 2 aromatic rings. The molecule has 7 heteroatoms. The molecular weight excluding hydrogens is 250 g/mol. The Kier molecular flexibility index (Phi) is 3.56. The highest BCUT2D eigenvalue weighted by atomic mass is 16.6. The van der Waals surface area contributed by atoms with Crippen LogP contribution in [0, 0.1) is 10.1 Å². The van der Waals surface area contributed by atoms with E-state index >= 15 is 0 Å². The summed E-state index contributed by atoms with van der Waals surface area (Å²) in [4.78, 5) is 21.5. The summed E-state index contributed by atoms with van der Waals surface area (Å²) in [6.07, 6.45) is 2.90. The minimum atomic E-state index is -0.475. The van der Waals surface area contributed by atoms with Crippen molar-refractivity contribution in [2.24, 2.45) is 0 Å². The van der Waals surface area contributed by atoms with Crippen LogP contribution in [0.15, 0.2) is 36.7 Å². The van der Waals surface area contributed by atoms with E-state index in [0.717, 1.165) is 0 Å². The van der Waals surface area contributed by atoms with Gasteiger partial charge < -0.3 is 4.74 Å². The second-order valence-corrected chi connectivity index (χ2v) is 3.67. The van der Waals surface area contributed by atoms with E-state index in [-0.39, 0.29) is 5.69 Å². The van der Waals surface area contributed by atoms with Crippen molar-refractivity contribution in [3.05, 3.63) is 52.3 Å². The summed E-state index contributed by atoms with van der Waals surface area (Å²) < 4.78 is 6.30. The fourth-order valence-electron chi connectivity index (χ4n) is 1.51. The van der Waals surface area contributed by atoms with E-state index in [2.05, 4.69) is 5.10 Å². The third kappa shape index (κ3) is 2.76. The van der Waals surface area contributed by atoms with Gasteiger partial charge in [-0.3, -0.25) is 10.1 Å². The number of nitro benzene ring substituents is 1. The molecule has 0 unspecified atom stereocenters.